The first-order chi connectivity index (χ1) is 12.2. The van der Waals surface area contributed by atoms with Gasteiger partial charge in [-0.2, -0.15) is 4.68 Å². The zero-order chi connectivity index (χ0) is 17.6. The predicted octanol–water partition coefficient (Wildman–Crippen LogP) is 3.25. The lowest BCUT2D eigenvalue weighted by molar-refractivity contribution is -0.113. The average Bonchev–Trinajstić information content (AvgIpc) is 3.09. The number of carbonyl (C=O) groups is 1. The van der Waals surface area contributed by atoms with E-state index in [0.717, 1.165) is 22.3 Å². The van der Waals surface area contributed by atoms with Crippen LogP contribution in [0.2, 0.25) is 0 Å². The molecular weight excluding hydrogens is 361 g/mol. The highest BCUT2D eigenvalue weighted by atomic mass is 32.2. The number of nitrogens with zero attached hydrogens (tertiary/aromatic N) is 4. The number of anilines is 1. The van der Waals surface area contributed by atoms with E-state index in [0.29, 0.717) is 5.16 Å². The van der Waals surface area contributed by atoms with E-state index in [9.17, 15) is 9.18 Å². The number of benzene rings is 2. The van der Waals surface area contributed by atoms with Crippen molar-refractivity contribution in [3.63, 3.8) is 0 Å². The van der Waals surface area contributed by atoms with Gasteiger partial charge in [0.2, 0.25) is 11.1 Å². The Morgan fingerprint density at radius 3 is 2.76 bits per heavy atom. The number of hydrogen-bond acceptors (Lipinski definition) is 6. The summed E-state index contributed by atoms with van der Waals surface area (Å²) in [5, 5.41) is 14.4. The normalized spacial score (nSPS) is 10.6. The van der Waals surface area contributed by atoms with Crippen molar-refractivity contribution < 1.29 is 9.18 Å². The van der Waals surface area contributed by atoms with E-state index in [2.05, 4.69) is 20.8 Å². The van der Waals surface area contributed by atoms with Crippen LogP contribution in [0.4, 0.5) is 10.1 Å². The molecule has 0 saturated heterocycles. The van der Waals surface area contributed by atoms with Gasteiger partial charge in [0.05, 0.1) is 11.4 Å². The molecule has 0 fully saturated rings. The molecule has 1 N–H and O–H groups in total. The van der Waals surface area contributed by atoms with Gasteiger partial charge >= 0.3 is 0 Å². The van der Waals surface area contributed by atoms with E-state index < -0.39 is 5.82 Å². The van der Waals surface area contributed by atoms with Crippen molar-refractivity contribution in [1.29, 1.82) is 0 Å². The molecule has 3 aromatic rings. The Labute approximate surface area is 152 Å². The van der Waals surface area contributed by atoms with E-state index in [-0.39, 0.29) is 17.3 Å². The first-order valence-corrected chi connectivity index (χ1v) is 9.49. The number of nitrogens with one attached hydrogen (secondary N) is 1. The zero-order valence-corrected chi connectivity index (χ0v) is 14.9. The second kappa shape index (κ2) is 8.13. The van der Waals surface area contributed by atoms with E-state index >= 15 is 0 Å². The summed E-state index contributed by atoms with van der Waals surface area (Å²) in [6.07, 6.45) is 1.95. The van der Waals surface area contributed by atoms with Crippen LogP contribution in [-0.4, -0.2) is 38.1 Å². The largest absolute Gasteiger partial charge is 0.324 e. The molecule has 1 amide bonds. The summed E-state index contributed by atoms with van der Waals surface area (Å²) in [6, 6.07) is 13.7. The Balaban J connectivity index is 1.68. The second-order valence-electron chi connectivity index (χ2n) is 4.86. The third-order valence-corrected chi connectivity index (χ3v) is 4.95. The van der Waals surface area contributed by atoms with Gasteiger partial charge in [-0.1, -0.05) is 36.0 Å². The maximum Gasteiger partial charge on any atom is 0.234 e. The van der Waals surface area contributed by atoms with Gasteiger partial charge in [-0.05, 0) is 40.9 Å². The lowest BCUT2D eigenvalue weighted by Crippen LogP contribution is -2.15. The number of para-hydroxylation sites is 2. The van der Waals surface area contributed by atoms with Gasteiger partial charge in [-0.15, -0.1) is 16.9 Å². The quantitative estimate of drug-likeness (QED) is 0.667. The van der Waals surface area contributed by atoms with Crippen LogP contribution >= 0.6 is 23.5 Å². The van der Waals surface area contributed by atoms with Crippen molar-refractivity contribution in [2.75, 3.05) is 17.3 Å². The van der Waals surface area contributed by atoms with Crippen LogP contribution in [0.25, 0.3) is 5.69 Å². The Morgan fingerprint density at radius 1 is 1.20 bits per heavy atom. The predicted molar refractivity (Wildman–Crippen MR) is 96.7 cm³/mol. The summed E-state index contributed by atoms with van der Waals surface area (Å²) in [5.41, 5.74) is 0.998. The van der Waals surface area contributed by atoms with Gasteiger partial charge in [0, 0.05) is 4.90 Å². The highest BCUT2D eigenvalue weighted by molar-refractivity contribution is 7.99. The summed E-state index contributed by atoms with van der Waals surface area (Å²) >= 11 is 2.69. The summed E-state index contributed by atoms with van der Waals surface area (Å²) in [4.78, 5) is 13.2. The molecule has 2 aromatic carbocycles. The standard InChI is InChI=1S/C16H14FN5OS2/c1-24-14-9-5-3-7-12(14)18-15(23)10-25-16-19-20-21-22(16)13-8-4-2-6-11(13)17/h2-9H,10H2,1H3,(H,18,23). The van der Waals surface area contributed by atoms with E-state index in [1.165, 1.54) is 10.7 Å². The fourth-order valence-corrected chi connectivity index (χ4v) is 3.35. The summed E-state index contributed by atoms with van der Waals surface area (Å²) in [6.45, 7) is 0. The van der Waals surface area contributed by atoms with Crippen molar-refractivity contribution in [2.24, 2.45) is 0 Å². The molecule has 0 aliphatic carbocycles. The molecule has 0 aliphatic rings. The zero-order valence-electron chi connectivity index (χ0n) is 13.2. The molecule has 0 atom stereocenters. The minimum atomic E-state index is -0.435. The van der Waals surface area contributed by atoms with Crippen molar-refractivity contribution in [3.8, 4) is 5.69 Å². The van der Waals surface area contributed by atoms with Crippen molar-refractivity contribution in [1.82, 2.24) is 20.2 Å². The van der Waals surface area contributed by atoms with Crippen molar-refractivity contribution in [3.05, 3.63) is 54.3 Å². The maximum absolute atomic E-state index is 13.9. The monoisotopic (exact) mass is 375 g/mol. The van der Waals surface area contributed by atoms with Crippen LogP contribution in [-0.2, 0) is 4.79 Å². The second-order valence-corrected chi connectivity index (χ2v) is 6.65. The Morgan fingerprint density at radius 2 is 1.96 bits per heavy atom. The number of carbonyl (C=O) groups excluding carboxylic acids is 1. The lowest BCUT2D eigenvalue weighted by atomic mass is 10.3. The molecule has 1 aromatic heterocycles. The summed E-state index contributed by atoms with van der Waals surface area (Å²) < 4.78 is 15.2. The van der Waals surface area contributed by atoms with Gasteiger partial charge in [0.1, 0.15) is 11.5 Å². The van der Waals surface area contributed by atoms with Gasteiger partial charge in [0.25, 0.3) is 0 Å². The average molecular weight is 375 g/mol. The minimum absolute atomic E-state index is 0.109. The molecule has 6 nitrogen and oxygen atoms in total. The van der Waals surface area contributed by atoms with Crippen molar-refractivity contribution in [2.45, 2.75) is 10.1 Å². The number of halogens is 1. The number of hydrogen-bond donors (Lipinski definition) is 1. The van der Waals surface area contributed by atoms with Crippen LogP contribution in [0.5, 0.6) is 0 Å². The minimum Gasteiger partial charge on any atom is -0.324 e. The molecule has 128 valence electrons. The number of thioether (sulfide) groups is 2. The van der Waals surface area contributed by atoms with Crippen LogP contribution in [0, 0.1) is 5.82 Å². The van der Waals surface area contributed by atoms with Crippen LogP contribution < -0.4 is 5.32 Å². The molecule has 3 rings (SSSR count). The fourth-order valence-electron chi connectivity index (χ4n) is 2.11. The number of tetrazole rings is 1. The molecule has 0 unspecified atom stereocenters. The number of aromatic nitrogens is 4. The highest BCUT2D eigenvalue weighted by Crippen LogP contribution is 2.25. The van der Waals surface area contributed by atoms with Crippen LogP contribution in [0.1, 0.15) is 0 Å². The van der Waals surface area contributed by atoms with Crippen molar-refractivity contribution >= 4 is 35.1 Å². The first-order valence-electron chi connectivity index (χ1n) is 7.28. The molecule has 0 saturated carbocycles. The van der Waals surface area contributed by atoms with Crippen LogP contribution in [0.3, 0.4) is 0 Å². The number of amides is 1. The molecule has 0 radical (unpaired) electrons. The topological polar surface area (TPSA) is 72.7 Å². The van der Waals surface area contributed by atoms with Gasteiger partial charge in [-0.3, -0.25) is 4.79 Å². The fraction of sp³-hybridized carbons (Fsp3) is 0.125. The van der Waals surface area contributed by atoms with E-state index in [1.807, 2.05) is 30.5 Å². The molecule has 0 bridgehead atoms. The molecule has 9 heteroatoms. The molecule has 25 heavy (non-hydrogen) atoms. The highest BCUT2D eigenvalue weighted by Gasteiger charge is 2.14. The first kappa shape index (κ1) is 17.4. The van der Waals surface area contributed by atoms with Gasteiger partial charge in [-0.25, -0.2) is 4.39 Å². The Kier molecular flexibility index (Phi) is 5.67. The lowest BCUT2D eigenvalue weighted by Gasteiger charge is -2.09. The van der Waals surface area contributed by atoms with Crippen LogP contribution in [0.15, 0.2) is 58.6 Å². The Bertz CT molecular complexity index is 886. The Hall–Kier alpha value is -2.39. The number of rotatable bonds is 6. The van der Waals surface area contributed by atoms with Gasteiger partial charge in [0.15, 0.2) is 0 Å². The maximum atomic E-state index is 13.9. The molecule has 1 heterocycles. The smallest absolute Gasteiger partial charge is 0.234 e. The van der Waals surface area contributed by atoms with E-state index in [1.54, 1.807) is 30.0 Å². The third kappa shape index (κ3) is 4.18. The summed E-state index contributed by atoms with van der Waals surface area (Å²) in [5.74, 6) is -0.512. The van der Waals surface area contributed by atoms with E-state index in [4.69, 9.17) is 0 Å². The molecular formula is C16H14FN5OS2. The SMILES string of the molecule is CSc1ccccc1NC(=O)CSc1nnnn1-c1ccccc1F. The molecule has 0 spiro atoms. The van der Waals surface area contributed by atoms with Gasteiger partial charge < -0.3 is 5.32 Å². The third-order valence-electron chi connectivity index (χ3n) is 3.23. The summed E-state index contributed by atoms with van der Waals surface area (Å²) in [7, 11) is 0. The molecule has 0 aliphatic heterocycles.